The topological polar surface area (TPSA) is 38.4 Å². The van der Waals surface area contributed by atoms with Crippen LogP contribution in [0.25, 0.3) is 0 Å². The molecule has 0 spiro atoms. The monoisotopic (exact) mass is 420 g/mol. The van der Waals surface area contributed by atoms with Crippen molar-refractivity contribution in [1.82, 2.24) is 0 Å². The van der Waals surface area contributed by atoms with E-state index in [2.05, 4.69) is 90.5 Å². The van der Waals surface area contributed by atoms with Crippen LogP contribution in [0.1, 0.15) is 71.9 Å². The minimum atomic E-state index is 0.642. The van der Waals surface area contributed by atoms with Crippen molar-refractivity contribution >= 4 is 5.71 Å². The number of nitrogens with two attached hydrogens (primary N) is 1. The Morgan fingerprint density at radius 2 is 1.65 bits per heavy atom. The highest BCUT2D eigenvalue weighted by molar-refractivity contribution is 6.09. The molecule has 0 unspecified atom stereocenters. The van der Waals surface area contributed by atoms with Gasteiger partial charge in [0, 0.05) is 5.57 Å². The predicted molar refractivity (Wildman–Crippen MR) is 144 cm³/mol. The molecule has 0 atom stereocenters. The molecule has 2 N–H and O–H groups in total. The second-order valence-electron chi connectivity index (χ2n) is 7.26. The fraction of sp³-hybridized carbons (Fsp3) is 0.345. The molecule has 0 radical (unpaired) electrons. The van der Waals surface area contributed by atoms with Crippen molar-refractivity contribution in [2.75, 3.05) is 0 Å². The van der Waals surface area contributed by atoms with Crippen molar-refractivity contribution in [1.29, 1.82) is 0 Å². The maximum Gasteiger partial charge on any atom is 0.0662 e. The van der Waals surface area contributed by atoms with Crippen LogP contribution in [0.5, 0.6) is 0 Å². The summed E-state index contributed by atoms with van der Waals surface area (Å²) in [7, 11) is 0. The van der Waals surface area contributed by atoms with E-state index in [1.165, 1.54) is 28.5 Å². The average Bonchev–Trinajstić information content (AvgIpc) is 2.75. The summed E-state index contributed by atoms with van der Waals surface area (Å²) in [6, 6.07) is 8.71. The number of allylic oxidation sites excluding steroid dienone is 6. The van der Waals surface area contributed by atoms with Crippen molar-refractivity contribution in [3.63, 3.8) is 0 Å². The lowest BCUT2D eigenvalue weighted by Gasteiger charge is -2.09. The average molecular weight is 421 g/mol. The molecule has 0 amide bonds. The first-order valence-corrected chi connectivity index (χ1v) is 11.1. The Bertz CT molecular complexity index is 794. The predicted octanol–water partition coefficient (Wildman–Crippen LogP) is 8.60. The Hall–Kier alpha value is -2.87. The fourth-order valence-electron chi connectivity index (χ4n) is 2.67. The summed E-state index contributed by atoms with van der Waals surface area (Å²) >= 11 is 0. The van der Waals surface area contributed by atoms with E-state index in [9.17, 15) is 0 Å². The van der Waals surface area contributed by atoms with Gasteiger partial charge in [-0.2, -0.15) is 0 Å². The molecule has 1 aromatic carbocycles. The van der Waals surface area contributed by atoms with Crippen LogP contribution in [0.4, 0.5) is 0 Å². The lowest BCUT2D eigenvalue weighted by molar-refractivity contribution is 0.866. The standard InChI is InChI=1S/C17H24N2.C10H14.C2H6/c1-7-10-15(11-12-18)14(6)19-17(9-3)16(8-2)13(4)5;1-8(2)10-6-4-9(3)5-7-10;1-2/h7,9-12H,1,3,6,8,18H2,2,4-5H3;4-8H,1-3H3;1-2H3/b12-11-,15-10+,19-17?;;. The van der Waals surface area contributed by atoms with Crippen molar-refractivity contribution in [2.45, 2.75) is 67.7 Å². The highest BCUT2D eigenvalue weighted by Gasteiger charge is 2.05. The number of hydrogen-bond acceptors (Lipinski definition) is 2. The summed E-state index contributed by atoms with van der Waals surface area (Å²) in [5.41, 5.74) is 12.9. The molecular weight excluding hydrogens is 376 g/mol. The lowest BCUT2D eigenvalue weighted by Crippen LogP contribution is -2.01. The van der Waals surface area contributed by atoms with Crippen LogP contribution in [-0.2, 0) is 0 Å². The quantitative estimate of drug-likeness (QED) is 0.332. The molecule has 170 valence electrons. The van der Waals surface area contributed by atoms with E-state index in [1.54, 1.807) is 18.2 Å². The van der Waals surface area contributed by atoms with Gasteiger partial charge in [0.25, 0.3) is 0 Å². The molecule has 2 nitrogen and oxygen atoms in total. The van der Waals surface area contributed by atoms with Gasteiger partial charge in [0.05, 0.1) is 11.4 Å². The molecule has 0 aliphatic carbocycles. The molecule has 0 bridgehead atoms. The number of hydrogen-bond donors (Lipinski definition) is 1. The van der Waals surface area contributed by atoms with Gasteiger partial charge in [0.1, 0.15) is 0 Å². The van der Waals surface area contributed by atoms with Gasteiger partial charge in [0.2, 0.25) is 0 Å². The molecule has 0 aromatic heterocycles. The number of nitrogens with zero attached hydrogens (tertiary/aromatic N) is 1. The summed E-state index contributed by atoms with van der Waals surface area (Å²) in [4.78, 5) is 4.55. The molecule has 0 aliphatic heterocycles. The summed E-state index contributed by atoms with van der Waals surface area (Å²) in [5, 5.41) is 0. The third kappa shape index (κ3) is 12.4. The summed E-state index contributed by atoms with van der Waals surface area (Å²) in [5.74, 6) is 0.653. The van der Waals surface area contributed by atoms with Gasteiger partial charge in [0.15, 0.2) is 0 Å². The molecule has 31 heavy (non-hydrogen) atoms. The zero-order chi connectivity index (χ0) is 24.4. The lowest BCUT2D eigenvalue weighted by atomic mass is 10.0. The Morgan fingerprint density at radius 1 is 1.10 bits per heavy atom. The van der Waals surface area contributed by atoms with Gasteiger partial charge in [-0.3, -0.25) is 0 Å². The first-order chi connectivity index (χ1) is 14.7. The minimum Gasteiger partial charge on any atom is -0.405 e. The first-order valence-electron chi connectivity index (χ1n) is 11.1. The van der Waals surface area contributed by atoms with E-state index in [1.807, 2.05) is 19.9 Å². The zero-order valence-corrected chi connectivity index (χ0v) is 21.1. The van der Waals surface area contributed by atoms with Crippen LogP contribution in [0, 0.1) is 6.92 Å². The smallest absolute Gasteiger partial charge is 0.0662 e. The summed E-state index contributed by atoms with van der Waals surface area (Å²) < 4.78 is 0. The maximum atomic E-state index is 5.42. The van der Waals surface area contributed by atoms with Crippen LogP contribution in [0.15, 0.2) is 102 Å². The summed E-state index contributed by atoms with van der Waals surface area (Å²) in [6.07, 6.45) is 9.39. The van der Waals surface area contributed by atoms with Crippen LogP contribution in [-0.4, -0.2) is 5.71 Å². The van der Waals surface area contributed by atoms with E-state index in [4.69, 9.17) is 5.73 Å². The molecule has 0 fully saturated rings. The Balaban J connectivity index is 0. The van der Waals surface area contributed by atoms with Gasteiger partial charge in [-0.15, -0.1) is 0 Å². The molecular formula is C29H44N2. The number of aryl methyl sites for hydroxylation is 1. The van der Waals surface area contributed by atoms with Crippen molar-refractivity contribution in [3.8, 4) is 0 Å². The van der Waals surface area contributed by atoms with Gasteiger partial charge < -0.3 is 5.73 Å². The van der Waals surface area contributed by atoms with Gasteiger partial charge in [-0.05, 0) is 62.6 Å². The van der Waals surface area contributed by atoms with Crippen LogP contribution in [0.2, 0.25) is 0 Å². The van der Waals surface area contributed by atoms with Crippen molar-refractivity contribution < 1.29 is 0 Å². The zero-order valence-electron chi connectivity index (χ0n) is 21.1. The maximum absolute atomic E-state index is 5.42. The first kappa shape index (κ1) is 30.3. The van der Waals surface area contributed by atoms with Gasteiger partial charge in [-0.25, -0.2) is 4.99 Å². The Labute approximate surface area is 192 Å². The van der Waals surface area contributed by atoms with Gasteiger partial charge in [-0.1, -0.05) is 102 Å². The largest absolute Gasteiger partial charge is 0.405 e. The molecule has 1 aromatic rings. The van der Waals surface area contributed by atoms with E-state index in [0.717, 1.165) is 17.7 Å². The fourth-order valence-corrected chi connectivity index (χ4v) is 2.67. The minimum absolute atomic E-state index is 0.642. The van der Waals surface area contributed by atoms with Crippen molar-refractivity contribution in [3.05, 3.63) is 108 Å². The Morgan fingerprint density at radius 3 is 2.00 bits per heavy atom. The molecule has 0 saturated carbocycles. The Kier molecular flexibility index (Phi) is 17.6. The highest BCUT2D eigenvalue weighted by Crippen LogP contribution is 2.17. The molecule has 0 heterocycles. The second kappa shape index (κ2) is 17.9. The normalized spacial score (nSPS) is 11.1. The molecule has 1 rings (SSSR count). The van der Waals surface area contributed by atoms with Crippen molar-refractivity contribution in [2.24, 2.45) is 10.7 Å². The van der Waals surface area contributed by atoms with Crippen LogP contribution < -0.4 is 5.73 Å². The SMILES string of the molecule is C=C/C=C(\C=C/N)C(=C)N=C(C=C)C(CC)=C(C)C.CC.Cc1ccc(C(C)C)cc1. The number of aliphatic imine (C=N–C) groups is 1. The van der Waals surface area contributed by atoms with Gasteiger partial charge >= 0.3 is 0 Å². The number of rotatable bonds is 8. The van der Waals surface area contributed by atoms with Crippen LogP contribution >= 0.6 is 0 Å². The molecule has 0 aliphatic rings. The number of benzene rings is 1. The molecule has 2 heteroatoms. The van der Waals surface area contributed by atoms with E-state index >= 15 is 0 Å². The summed E-state index contributed by atoms with van der Waals surface area (Å²) in [6.45, 7) is 28.3. The van der Waals surface area contributed by atoms with Crippen LogP contribution in [0.3, 0.4) is 0 Å². The highest BCUT2D eigenvalue weighted by atomic mass is 14.8. The van der Waals surface area contributed by atoms with E-state index < -0.39 is 0 Å². The van der Waals surface area contributed by atoms with E-state index in [0.29, 0.717) is 11.6 Å². The molecule has 0 saturated heterocycles. The second-order valence-corrected chi connectivity index (χ2v) is 7.26. The third-order valence-corrected chi connectivity index (χ3v) is 4.37. The third-order valence-electron chi connectivity index (χ3n) is 4.37. The van der Waals surface area contributed by atoms with E-state index in [-0.39, 0.29) is 0 Å².